The molecule has 0 aliphatic rings. The Morgan fingerprint density at radius 3 is 2.69 bits per heavy atom. The van der Waals surface area contributed by atoms with E-state index in [1.54, 1.807) is 37.4 Å². The molecule has 1 aromatic carbocycles. The van der Waals surface area contributed by atoms with Gasteiger partial charge >= 0.3 is 0 Å². The van der Waals surface area contributed by atoms with Crippen LogP contribution in [0, 0.1) is 12.7 Å². The molecule has 0 saturated carbocycles. The minimum atomic E-state index is -0.381. The van der Waals surface area contributed by atoms with Crippen molar-refractivity contribution < 1.29 is 9.18 Å². The van der Waals surface area contributed by atoms with Crippen LogP contribution >= 0.6 is 11.3 Å². The number of benzene rings is 1. The van der Waals surface area contributed by atoms with Crippen LogP contribution in [0.1, 0.15) is 32.7 Å². The molecular weight excluding hydrogens is 353 g/mol. The van der Waals surface area contributed by atoms with Gasteiger partial charge in [-0.25, -0.2) is 9.37 Å². The van der Waals surface area contributed by atoms with E-state index in [-0.39, 0.29) is 11.7 Å². The smallest absolute Gasteiger partial charge is 0.251 e. The zero-order valence-corrected chi connectivity index (χ0v) is 16.0. The first-order valence-corrected chi connectivity index (χ1v) is 9.27. The maximum Gasteiger partial charge on any atom is 0.251 e. The van der Waals surface area contributed by atoms with Crippen molar-refractivity contribution in [3.63, 3.8) is 0 Å². The molecule has 2 rings (SSSR count). The highest BCUT2D eigenvalue weighted by atomic mass is 32.1. The Hall–Kier alpha value is -2.48. The Labute approximate surface area is 157 Å². The van der Waals surface area contributed by atoms with Crippen LogP contribution < -0.4 is 16.0 Å². The number of nitrogens with one attached hydrogen (secondary N) is 3. The van der Waals surface area contributed by atoms with Crippen LogP contribution in [-0.4, -0.2) is 37.0 Å². The predicted molar refractivity (Wildman–Crippen MR) is 103 cm³/mol. The second-order valence-electron chi connectivity index (χ2n) is 5.65. The van der Waals surface area contributed by atoms with E-state index in [0.29, 0.717) is 36.7 Å². The number of carbonyl (C=O) groups is 1. The number of aliphatic imine (C=N–C) groups is 1. The van der Waals surface area contributed by atoms with Gasteiger partial charge in [0.1, 0.15) is 10.8 Å². The third-order valence-corrected chi connectivity index (χ3v) is 4.86. The predicted octanol–water partition coefficient (Wildman–Crippen LogP) is 2.25. The van der Waals surface area contributed by atoms with Gasteiger partial charge in [-0.15, -0.1) is 11.3 Å². The number of halogens is 1. The van der Waals surface area contributed by atoms with Gasteiger partial charge in [-0.2, -0.15) is 0 Å². The number of carbonyl (C=O) groups excluding carboxylic acids is 1. The number of aromatic nitrogens is 1. The Kier molecular flexibility index (Phi) is 7.53. The lowest BCUT2D eigenvalue weighted by Crippen LogP contribution is -2.41. The number of hydrogen-bond donors (Lipinski definition) is 3. The zero-order valence-electron chi connectivity index (χ0n) is 15.2. The quantitative estimate of drug-likeness (QED) is 0.393. The van der Waals surface area contributed by atoms with Gasteiger partial charge in [0.25, 0.3) is 5.91 Å². The Morgan fingerprint density at radius 2 is 2.04 bits per heavy atom. The molecule has 8 heteroatoms. The third-order valence-electron chi connectivity index (χ3n) is 3.72. The van der Waals surface area contributed by atoms with Gasteiger partial charge < -0.3 is 16.0 Å². The topological polar surface area (TPSA) is 78.4 Å². The number of rotatable bonds is 7. The molecule has 0 bridgehead atoms. The van der Waals surface area contributed by atoms with E-state index >= 15 is 0 Å². The van der Waals surface area contributed by atoms with Crippen molar-refractivity contribution in [1.29, 1.82) is 0 Å². The summed E-state index contributed by atoms with van der Waals surface area (Å²) >= 11 is 1.67. The van der Waals surface area contributed by atoms with Gasteiger partial charge in [-0.3, -0.25) is 9.79 Å². The lowest BCUT2D eigenvalue weighted by molar-refractivity contribution is 0.0954. The highest BCUT2D eigenvalue weighted by Gasteiger charge is 2.08. The number of hydrogen-bond acceptors (Lipinski definition) is 4. The second-order valence-corrected chi connectivity index (χ2v) is 6.85. The molecule has 1 heterocycles. The summed E-state index contributed by atoms with van der Waals surface area (Å²) in [6.07, 6.45) is 2.87. The largest absolute Gasteiger partial charge is 0.355 e. The van der Waals surface area contributed by atoms with Crippen molar-refractivity contribution in [3.05, 3.63) is 51.2 Å². The van der Waals surface area contributed by atoms with Gasteiger partial charge in [0, 0.05) is 36.8 Å². The van der Waals surface area contributed by atoms with Crippen molar-refractivity contribution in [2.45, 2.75) is 26.8 Å². The molecule has 0 aliphatic carbocycles. The first-order chi connectivity index (χ1) is 12.5. The average Bonchev–Trinajstić information content (AvgIpc) is 3.11. The van der Waals surface area contributed by atoms with Gasteiger partial charge in [0.15, 0.2) is 5.96 Å². The summed E-state index contributed by atoms with van der Waals surface area (Å²) < 4.78 is 13.5. The number of aryl methyl sites for hydroxylation is 2. The third kappa shape index (κ3) is 5.80. The molecule has 2 aromatic rings. The minimum Gasteiger partial charge on any atom is -0.355 e. The molecule has 0 atom stereocenters. The molecule has 6 nitrogen and oxygen atoms in total. The van der Waals surface area contributed by atoms with Crippen LogP contribution in [0.5, 0.6) is 0 Å². The van der Waals surface area contributed by atoms with Crippen LogP contribution in [0.2, 0.25) is 0 Å². The highest BCUT2D eigenvalue weighted by Crippen LogP contribution is 2.12. The molecule has 1 amide bonds. The summed E-state index contributed by atoms with van der Waals surface area (Å²) in [5.74, 6) is -0.0498. The van der Waals surface area contributed by atoms with Crippen LogP contribution in [0.4, 0.5) is 4.39 Å². The standard InChI is InChI=1S/C18H24FN5OS/c1-4-14-10-23-16(26-14)11-24-18(20-3)22-8-7-21-17(25)13-6-5-12(2)15(19)9-13/h5-6,9-10H,4,7-8,11H2,1-3H3,(H,21,25)(H2,20,22,24). The Morgan fingerprint density at radius 1 is 1.27 bits per heavy atom. The van der Waals surface area contributed by atoms with E-state index in [1.165, 1.54) is 10.9 Å². The molecular formula is C18H24FN5OS. The fourth-order valence-electron chi connectivity index (χ4n) is 2.17. The molecule has 0 spiro atoms. The number of guanidine groups is 1. The van der Waals surface area contributed by atoms with Crippen LogP contribution in [0.15, 0.2) is 29.4 Å². The zero-order chi connectivity index (χ0) is 18.9. The van der Waals surface area contributed by atoms with Crippen LogP contribution in [0.25, 0.3) is 0 Å². The van der Waals surface area contributed by atoms with Gasteiger partial charge in [-0.05, 0) is 31.0 Å². The molecule has 0 unspecified atom stereocenters. The van der Waals surface area contributed by atoms with Crippen molar-refractivity contribution in [2.24, 2.45) is 4.99 Å². The first kappa shape index (κ1) is 19.8. The molecule has 1 aromatic heterocycles. The monoisotopic (exact) mass is 377 g/mol. The highest BCUT2D eigenvalue weighted by molar-refractivity contribution is 7.11. The molecule has 0 fully saturated rings. The molecule has 26 heavy (non-hydrogen) atoms. The summed E-state index contributed by atoms with van der Waals surface area (Å²) in [6.45, 7) is 5.25. The Bertz CT molecular complexity index is 775. The van der Waals surface area contributed by atoms with Gasteiger partial charge in [-0.1, -0.05) is 13.0 Å². The van der Waals surface area contributed by atoms with Crippen LogP contribution in [0.3, 0.4) is 0 Å². The summed E-state index contributed by atoms with van der Waals surface area (Å²) in [4.78, 5) is 21.7. The Balaban J connectivity index is 1.71. The summed E-state index contributed by atoms with van der Waals surface area (Å²) in [5, 5.41) is 10.0. The van der Waals surface area contributed by atoms with E-state index in [9.17, 15) is 9.18 Å². The normalized spacial score (nSPS) is 11.3. The van der Waals surface area contributed by atoms with Gasteiger partial charge in [0.05, 0.1) is 6.54 Å². The maximum absolute atomic E-state index is 13.5. The van der Waals surface area contributed by atoms with Crippen molar-refractivity contribution >= 4 is 23.2 Å². The maximum atomic E-state index is 13.5. The molecule has 0 aliphatic heterocycles. The molecule has 0 radical (unpaired) electrons. The van der Waals surface area contributed by atoms with Gasteiger partial charge in [0.2, 0.25) is 0 Å². The molecule has 140 valence electrons. The summed E-state index contributed by atoms with van der Waals surface area (Å²) in [7, 11) is 1.68. The number of thiazole rings is 1. The van der Waals surface area contributed by atoms with Crippen LogP contribution in [-0.2, 0) is 13.0 Å². The summed E-state index contributed by atoms with van der Waals surface area (Å²) in [6, 6.07) is 4.45. The van der Waals surface area contributed by atoms with E-state index in [4.69, 9.17) is 0 Å². The van der Waals surface area contributed by atoms with E-state index < -0.39 is 0 Å². The first-order valence-electron chi connectivity index (χ1n) is 8.46. The van der Waals surface area contributed by atoms with Crippen molar-refractivity contribution in [3.8, 4) is 0 Å². The summed E-state index contributed by atoms with van der Waals surface area (Å²) in [5.41, 5.74) is 0.829. The van der Waals surface area contributed by atoms with E-state index in [1.807, 2.05) is 6.20 Å². The SMILES string of the molecule is CCc1cnc(CNC(=NC)NCCNC(=O)c2ccc(C)c(F)c2)s1. The number of nitrogens with zero attached hydrogens (tertiary/aromatic N) is 2. The average molecular weight is 377 g/mol. The molecule has 0 saturated heterocycles. The van der Waals surface area contributed by atoms with E-state index in [0.717, 1.165) is 11.4 Å². The number of amides is 1. The fourth-order valence-corrected chi connectivity index (χ4v) is 2.97. The van der Waals surface area contributed by atoms with E-state index in [2.05, 4.69) is 32.9 Å². The van der Waals surface area contributed by atoms with Crippen molar-refractivity contribution in [2.75, 3.05) is 20.1 Å². The lowest BCUT2D eigenvalue weighted by Gasteiger charge is -2.11. The fraction of sp³-hybridized carbons (Fsp3) is 0.389. The minimum absolute atomic E-state index is 0.302. The molecule has 3 N–H and O–H groups in total. The second kappa shape index (κ2) is 9.86. The lowest BCUT2D eigenvalue weighted by atomic mass is 10.1. The van der Waals surface area contributed by atoms with Crippen molar-refractivity contribution in [1.82, 2.24) is 20.9 Å².